The highest BCUT2D eigenvalue weighted by atomic mass is 16.4. The second-order valence-electron chi connectivity index (χ2n) is 6.37. The number of carbonyl (C=O) groups excluding carboxylic acids is 1. The number of nitrogens with two attached hydrogens (primary N) is 1. The Labute approximate surface area is 147 Å². The molecule has 0 aliphatic heterocycles. The van der Waals surface area contributed by atoms with Gasteiger partial charge in [0.1, 0.15) is 6.04 Å². The van der Waals surface area contributed by atoms with E-state index in [0.717, 1.165) is 25.7 Å². The van der Waals surface area contributed by atoms with Gasteiger partial charge in [0.25, 0.3) is 0 Å². The molecule has 0 radical (unpaired) electrons. The summed E-state index contributed by atoms with van der Waals surface area (Å²) in [4.78, 5) is 22.2. The molecule has 0 fully saturated rings. The lowest BCUT2D eigenvalue weighted by atomic mass is 10.1. The molecule has 4 N–H and O–H groups in total. The van der Waals surface area contributed by atoms with E-state index in [1.54, 1.807) is 0 Å². The number of nitrogens with one attached hydrogen (secondary N) is 1. The van der Waals surface area contributed by atoms with E-state index >= 15 is 0 Å². The Hall–Kier alpha value is -1.36. The zero-order chi connectivity index (χ0) is 18.0. The van der Waals surface area contributed by atoms with Crippen molar-refractivity contribution in [2.75, 3.05) is 6.54 Å². The molecule has 0 aliphatic rings. The maximum atomic E-state index is 11.6. The summed E-state index contributed by atoms with van der Waals surface area (Å²) < 4.78 is 0. The number of hydrogen-bond acceptors (Lipinski definition) is 3. The first kappa shape index (κ1) is 22.6. The summed E-state index contributed by atoms with van der Waals surface area (Å²) >= 11 is 0. The number of unbranched alkanes of at least 4 members (excludes halogenated alkanes) is 8. The van der Waals surface area contributed by atoms with E-state index in [4.69, 9.17) is 10.8 Å². The van der Waals surface area contributed by atoms with E-state index in [9.17, 15) is 9.59 Å². The topological polar surface area (TPSA) is 92.4 Å². The molecule has 5 nitrogen and oxygen atoms in total. The summed E-state index contributed by atoms with van der Waals surface area (Å²) in [7, 11) is 0. The minimum absolute atomic E-state index is 0.101. The van der Waals surface area contributed by atoms with E-state index < -0.39 is 12.0 Å². The largest absolute Gasteiger partial charge is 0.480 e. The SMILES string of the molecule is C/C=C/CCCCCCCCCC(=O)NCCCC[C@H](N)C(=O)O. The maximum absolute atomic E-state index is 11.6. The van der Waals surface area contributed by atoms with Crippen LogP contribution in [0.1, 0.15) is 84.0 Å². The van der Waals surface area contributed by atoms with Crippen LogP contribution in [-0.2, 0) is 9.59 Å². The van der Waals surface area contributed by atoms with Crippen molar-refractivity contribution < 1.29 is 14.7 Å². The summed E-state index contributed by atoms with van der Waals surface area (Å²) in [6.45, 7) is 2.67. The molecule has 5 heteroatoms. The minimum Gasteiger partial charge on any atom is -0.480 e. The minimum atomic E-state index is -0.961. The summed E-state index contributed by atoms with van der Waals surface area (Å²) in [5.41, 5.74) is 5.41. The van der Waals surface area contributed by atoms with Crippen molar-refractivity contribution in [3.63, 3.8) is 0 Å². The Morgan fingerprint density at radius 3 is 2.25 bits per heavy atom. The molecule has 0 rings (SSSR count). The molecule has 0 spiro atoms. The lowest BCUT2D eigenvalue weighted by Gasteiger charge is -2.07. The number of carbonyl (C=O) groups is 2. The summed E-state index contributed by atoms with van der Waals surface area (Å²) in [6.07, 6.45) is 16.5. The Kier molecular flexibility index (Phi) is 15.6. The van der Waals surface area contributed by atoms with Gasteiger partial charge in [0.05, 0.1) is 0 Å². The van der Waals surface area contributed by atoms with Crippen molar-refractivity contribution in [3.8, 4) is 0 Å². The summed E-state index contributed by atoms with van der Waals surface area (Å²) in [5, 5.41) is 11.5. The number of allylic oxidation sites excluding steroid dienone is 2. The number of rotatable bonds is 16. The van der Waals surface area contributed by atoms with Crippen molar-refractivity contribution in [3.05, 3.63) is 12.2 Å². The van der Waals surface area contributed by atoms with E-state index in [0.29, 0.717) is 19.4 Å². The van der Waals surface area contributed by atoms with Crippen LogP contribution in [0, 0.1) is 0 Å². The summed E-state index contributed by atoms with van der Waals surface area (Å²) in [6, 6.07) is -0.788. The number of hydrogen-bond donors (Lipinski definition) is 3. The molecule has 0 aromatic rings. The van der Waals surface area contributed by atoms with Gasteiger partial charge in [-0.05, 0) is 45.4 Å². The fourth-order valence-corrected chi connectivity index (χ4v) is 2.53. The molecule has 0 aromatic heterocycles. The zero-order valence-corrected chi connectivity index (χ0v) is 15.3. The van der Waals surface area contributed by atoms with Gasteiger partial charge in [-0.15, -0.1) is 0 Å². The molecule has 0 bridgehead atoms. The molecule has 0 saturated heterocycles. The van der Waals surface area contributed by atoms with E-state index in [1.165, 1.54) is 38.5 Å². The smallest absolute Gasteiger partial charge is 0.320 e. The van der Waals surface area contributed by atoms with Gasteiger partial charge >= 0.3 is 5.97 Å². The van der Waals surface area contributed by atoms with Crippen molar-refractivity contribution in [2.45, 2.75) is 90.0 Å². The average molecular weight is 341 g/mol. The third-order valence-corrected chi connectivity index (χ3v) is 4.09. The Morgan fingerprint density at radius 2 is 1.62 bits per heavy atom. The zero-order valence-electron chi connectivity index (χ0n) is 15.3. The molecule has 0 unspecified atom stereocenters. The molecular weight excluding hydrogens is 304 g/mol. The fraction of sp³-hybridized carbons (Fsp3) is 0.789. The van der Waals surface area contributed by atoms with Crippen molar-refractivity contribution in [2.24, 2.45) is 5.73 Å². The highest BCUT2D eigenvalue weighted by Gasteiger charge is 2.10. The van der Waals surface area contributed by atoms with Crippen LogP contribution in [0.15, 0.2) is 12.2 Å². The van der Waals surface area contributed by atoms with Crippen LogP contribution in [0.3, 0.4) is 0 Å². The number of carboxylic acids is 1. The standard InChI is InChI=1S/C19H36N2O3/c1-2-3-4-5-6-7-8-9-10-11-15-18(22)21-16-13-12-14-17(20)19(23)24/h2-3,17H,4-16,20H2,1H3,(H,21,22)(H,23,24)/b3-2+/t17-/m0/s1. The highest BCUT2D eigenvalue weighted by Crippen LogP contribution is 2.10. The van der Waals surface area contributed by atoms with Gasteiger partial charge in [-0.25, -0.2) is 0 Å². The van der Waals surface area contributed by atoms with E-state index in [2.05, 4.69) is 24.4 Å². The van der Waals surface area contributed by atoms with Crippen molar-refractivity contribution in [1.82, 2.24) is 5.32 Å². The normalized spacial score (nSPS) is 12.4. The number of aliphatic carboxylic acids is 1. The van der Waals surface area contributed by atoms with Crippen LogP contribution in [0.2, 0.25) is 0 Å². The van der Waals surface area contributed by atoms with Crippen molar-refractivity contribution >= 4 is 11.9 Å². The number of amides is 1. The second kappa shape index (κ2) is 16.5. The molecule has 0 aliphatic carbocycles. The lowest BCUT2D eigenvalue weighted by Crippen LogP contribution is -2.30. The van der Waals surface area contributed by atoms with Gasteiger partial charge in [0, 0.05) is 13.0 Å². The van der Waals surface area contributed by atoms with Crippen LogP contribution in [0.4, 0.5) is 0 Å². The maximum Gasteiger partial charge on any atom is 0.320 e. The predicted octanol–water partition coefficient (Wildman–Crippen LogP) is 3.77. The van der Waals surface area contributed by atoms with Crippen LogP contribution in [-0.4, -0.2) is 29.6 Å². The molecule has 0 heterocycles. The lowest BCUT2D eigenvalue weighted by molar-refractivity contribution is -0.138. The van der Waals surface area contributed by atoms with Gasteiger partial charge in [-0.2, -0.15) is 0 Å². The second-order valence-corrected chi connectivity index (χ2v) is 6.37. The Balaban J connectivity index is 3.28. The van der Waals surface area contributed by atoms with Crippen molar-refractivity contribution in [1.29, 1.82) is 0 Å². The first-order valence-corrected chi connectivity index (χ1v) is 9.44. The average Bonchev–Trinajstić information content (AvgIpc) is 2.55. The van der Waals surface area contributed by atoms with Crippen LogP contribution in [0.25, 0.3) is 0 Å². The predicted molar refractivity (Wildman–Crippen MR) is 98.8 cm³/mol. The third-order valence-electron chi connectivity index (χ3n) is 4.09. The van der Waals surface area contributed by atoms with E-state index in [-0.39, 0.29) is 5.91 Å². The molecule has 0 saturated carbocycles. The van der Waals surface area contributed by atoms with E-state index in [1.807, 2.05) is 0 Å². The monoisotopic (exact) mass is 340 g/mol. The van der Waals surface area contributed by atoms with Gasteiger partial charge in [0.15, 0.2) is 0 Å². The van der Waals surface area contributed by atoms with Gasteiger partial charge in [-0.1, -0.05) is 44.3 Å². The highest BCUT2D eigenvalue weighted by molar-refractivity contribution is 5.75. The Bertz CT molecular complexity index is 357. The first-order valence-electron chi connectivity index (χ1n) is 9.44. The van der Waals surface area contributed by atoms with Crippen LogP contribution >= 0.6 is 0 Å². The molecule has 0 aromatic carbocycles. The van der Waals surface area contributed by atoms with Gasteiger partial charge < -0.3 is 16.2 Å². The molecule has 24 heavy (non-hydrogen) atoms. The molecule has 1 amide bonds. The molecular formula is C19H36N2O3. The Morgan fingerprint density at radius 1 is 1.00 bits per heavy atom. The fourth-order valence-electron chi connectivity index (χ4n) is 2.53. The molecule has 1 atom stereocenters. The first-order chi connectivity index (χ1) is 11.6. The third kappa shape index (κ3) is 15.5. The van der Waals surface area contributed by atoms with Gasteiger partial charge in [-0.3, -0.25) is 9.59 Å². The number of carboxylic acid groups (broad SMARTS) is 1. The quantitative estimate of drug-likeness (QED) is 0.294. The van der Waals surface area contributed by atoms with Gasteiger partial charge in [0.2, 0.25) is 5.91 Å². The van der Waals surface area contributed by atoms with Crippen LogP contribution < -0.4 is 11.1 Å². The molecule has 140 valence electrons. The van der Waals surface area contributed by atoms with Crippen LogP contribution in [0.5, 0.6) is 0 Å². The summed E-state index contributed by atoms with van der Waals surface area (Å²) in [5.74, 6) is -0.860.